The van der Waals surface area contributed by atoms with Crippen molar-refractivity contribution in [2.24, 2.45) is 0 Å². The number of aliphatic hydroxyl groups is 1. The number of benzene rings is 2. The number of alkyl halides is 1. The third-order valence-electron chi connectivity index (χ3n) is 8.23. The fourth-order valence-electron chi connectivity index (χ4n) is 6.04. The second-order valence-corrected chi connectivity index (χ2v) is 10.9. The van der Waals surface area contributed by atoms with Crippen LogP contribution in [-0.2, 0) is 6.54 Å². The zero-order valence-electron chi connectivity index (χ0n) is 22.6. The van der Waals surface area contributed by atoms with Gasteiger partial charge in [0.1, 0.15) is 12.0 Å². The van der Waals surface area contributed by atoms with E-state index in [4.69, 9.17) is 4.98 Å². The third kappa shape index (κ3) is 5.35. The highest BCUT2D eigenvalue weighted by Crippen LogP contribution is 2.31. The van der Waals surface area contributed by atoms with Crippen molar-refractivity contribution in [1.29, 1.82) is 0 Å². The number of aliphatic hydroxyl groups excluding tert-OH is 1. The Labute approximate surface area is 232 Å². The quantitative estimate of drug-likeness (QED) is 0.274. The second kappa shape index (κ2) is 11.6. The Morgan fingerprint density at radius 3 is 2.70 bits per heavy atom. The van der Waals surface area contributed by atoms with Gasteiger partial charge < -0.3 is 25.2 Å². The summed E-state index contributed by atoms with van der Waals surface area (Å²) in [6.45, 7) is 4.06. The predicted octanol–water partition coefficient (Wildman–Crippen LogP) is 4.07. The summed E-state index contributed by atoms with van der Waals surface area (Å²) in [5, 5.41) is 16.2. The number of piperidine rings is 1. The average molecular weight is 551 g/mol. The zero-order valence-corrected chi connectivity index (χ0v) is 22.6. The molecule has 6 rings (SSSR count). The predicted molar refractivity (Wildman–Crippen MR) is 151 cm³/mol. The molecule has 4 heterocycles. The van der Waals surface area contributed by atoms with Crippen molar-refractivity contribution < 1.29 is 18.7 Å². The van der Waals surface area contributed by atoms with Crippen LogP contribution < -0.4 is 10.6 Å². The summed E-state index contributed by atoms with van der Waals surface area (Å²) >= 11 is 0. The van der Waals surface area contributed by atoms with Gasteiger partial charge >= 0.3 is 0 Å². The second-order valence-electron chi connectivity index (χ2n) is 10.9. The van der Waals surface area contributed by atoms with Crippen molar-refractivity contribution in [3.63, 3.8) is 0 Å². The molecule has 212 valence electrons. The van der Waals surface area contributed by atoms with Crippen LogP contribution in [0.1, 0.15) is 54.1 Å². The van der Waals surface area contributed by atoms with E-state index in [2.05, 4.69) is 15.5 Å². The molecule has 1 amide bonds. The molecule has 0 spiro atoms. The number of imidazole rings is 2. The first-order valence-corrected chi connectivity index (χ1v) is 14.3. The van der Waals surface area contributed by atoms with Crippen LogP contribution >= 0.6 is 0 Å². The lowest BCUT2D eigenvalue weighted by atomic mass is 10.0. The highest BCUT2D eigenvalue weighted by molar-refractivity contribution is 5.98. The maximum absolute atomic E-state index is 15.2. The molecule has 40 heavy (non-hydrogen) atoms. The van der Waals surface area contributed by atoms with Gasteiger partial charge in [-0.25, -0.2) is 13.8 Å². The van der Waals surface area contributed by atoms with Gasteiger partial charge in [-0.2, -0.15) is 0 Å². The minimum absolute atomic E-state index is 0.102. The highest BCUT2D eigenvalue weighted by Gasteiger charge is 2.21. The van der Waals surface area contributed by atoms with E-state index in [1.165, 1.54) is 0 Å². The van der Waals surface area contributed by atoms with E-state index in [1.54, 1.807) is 18.2 Å². The molecule has 0 aliphatic carbocycles. The van der Waals surface area contributed by atoms with Gasteiger partial charge in [-0.05, 0) is 81.1 Å². The van der Waals surface area contributed by atoms with Crippen molar-refractivity contribution in [2.45, 2.75) is 50.9 Å². The zero-order chi connectivity index (χ0) is 27.6. The molecular formula is C30H36F2N6O2. The first-order chi connectivity index (χ1) is 19.5. The molecule has 0 bridgehead atoms. The van der Waals surface area contributed by atoms with Gasteiger partial charge in [-0.3, -0.25) is 9.20 Å². The number of hydrogen-bond acceptors (Lipinski definition) is 5. The molecule has 3 N–H and O–H groups in total. The van der Waals surface area contributed by atoms with Gasteiger partial charge in [0.2, 0.25) is 5.78 Å². The van der Waals surface area contributed by atoms with E-state index in [-0.39, 0.29) is 24.4 Å². The van der Waals surface area contributed by atoms with Crippen molar-refractivity contribution >= 4 is 22.7 Å². The molecule has 2 aromatic carbocycles. The third-order valence-corrected chi connectivity index (χ3v) is 8.23. The van der Waals surface area contributed by atoms with Gasteiger partial charge in [0.15, 0.2) is 0 Å². The van der Waals surface area contributed by atoms with Crippen LogP contribution in [-0.4, -0.2) is 75.4 Å². The molecule has 4 aromatic rings. The van der Waals surface area contributed by atoms with Crippen LogP contribution in [0.4, 0.5) is 8.78 Å². The van der Waals surface area contributed by atoms with Crippen LogP contribution in [0, 0.1) is 5.82 Å². The van der Waals surface area contributed by atoms with Crippen LogP contribution in [0.15, 0.2) is 42.6 Å². The SMILES string of the molecule is O=C(NCCCN1CCC(F)CC1)c1ccc2c(c1)n(CCO)c1nc(-c3ccc([C@H]4CCCN4)cc3F)cn21. The molecule has 0 saturated carbocycles. The number of rotatable bonds is 9. The molecule has 0 unspecified atom stereocenters. The van der Waals surface area contributed by atoms with Gasteiger partial charge in [-0.15, -0.1) is 0 Å². The first kappa shape index (κ1) is 26.9. The number of aromatic nitrogens is 3. The number of likely N-dealkylation sites (tertiary alicyclic amines) is 1. The van der Waals surface area contributed by atoms with Crippen LogP contribution in [0.5, 0.6) is 0 Å². The van der Waals surface area contributed by atoms with Gasteiger partial charge in [0, 0.05) is 49.5 Å². The summed E-state index contributed by atoms with van der Waals surface area (Å²) in [6.07, 6.45) is 5.20. The van der Waals surface area contributed by atoms with Crippen LogP contribution in [0.3, 0.4) is 0 Å². The lowest BCUT2D eigenvalue weighted by molar-refractivity contribution is 0.0950. The Morgan fingerprint density at radius 1 is 1.10 bits per heavy atom. The average Bonchev–Trinajstić information content (AvgIpc) is 3.70. The maximum Gasteiger partial charge on any atom is 0.251 e. The molecule has 8 nitrogen and oxygen atoms in total. The Kier molecular flexibility index (Phi) is 7.82. The van der Waals surface area contributed by atoms with E-state index >= 15 is 4.39 Å². The van der Waals surface area contributed by atoms with E-state index in [9.17, 15) is 14.3 Å². The summed E-state index contributed by atoms with van der Waals surface area (Å²) in [7, 11) is 0. The topological polar surface area (TPSA) is 86.8 Å². The molecule has 2 aliphatic rings. The summed E-state index contributed by atoms with van der Waals surface area (Å²) < 4.78 is 32.3. The first-order valence-electron chi connectivity index (χ1n) is 14.3. The Balaban J connectivity index is 1.20. The number of amides is 1. The maximum atomic E-state index is 15.2. The molecular weight excluding hydrogens is 514 g/mol. The Morgan fingerprint density at radius 2 is 1.95 bits per heavy atom. The number of fused-ring (bicyclic) bond motifs is 3. The Hall–Kier alpha value is -3.34. The normalized spacial score (nSPS) is 18.7. The van der Waals surface area contributed by atoms with Gasteiger partial charge in [0.05, 0.1) is 23.3 Å². The molecule has 2 fully saturated rings. The molecule has 10 heteroatoms. The van der Waals surface area contributed by atoms with Gasteiger partial charge in [-0.1, -0.05) is 6.07 Å². The summed E-state index contributed by atoms with van der Waals surface area (Å²) in [4.78, 5) is 19.9. The van der Waals surface area contributed by atoms with E-state index in [1.807, 2.05) is 33.4 Å². The fourth-order valence-corrected chi connectivity index (χ4v) is 6.04. The minimum atomic E-state index is -0.684. The van der Waals surface area contributed by atoms with E-state index in [0.29, 0.717) is 48.5 Å². The summed E-state index contributed by atoms with van der Waals surface area (Å²) in [6, 6.07) is 11.0. The number of hydrogen-bond donors (Lipinski definition) is 3. The van der Waals surface area contributed by atoms with Gasteiger partial charge in [0.25, 0.3) is 5.91 Å². The van der Waals surface area contributed by atoms with Crippen molar-refractivity contribution in [3.05, 3.63) is 59.5 Å². The number of nitrogens with one attached hydrogen (secondary N) is 2. The monoisotopic (exact) mass is 550 g/mol. The molecule has 1 atom stereocenters. The highest BCUT2D eigenvalue weighted by atomic mass is 19.1. The molecule has 2 aliphatic heterocycles. The van der Waals surface area contributed by atoms with Crippen molar-refractivity contribution in [1.82, 2.24) is 29.5 Å². The molecule has 2 saturated heterocycles. The smallest absolute Gasteiger partial charge is 0.251 e. The molecule has 2 aromatic heterocycles. The number of carbonyl (C=O) groups excluding carboxylic acids is 1. The van der Waals surface area contributed by atoms with Crippen molar-refractivity contribution in [2.75, 3.05) is 39.3 Å². The lowest BCUT2D eigenvalue weighted by Gasteiger charge is -2.28. The number of carbonyl (C=O) groups is 1. The summed E-state index contributed by atoms with van der Waals surface area (Å²) in [5.41, 5.74) is 4.01. The van der Waals surface area contributed by atoms with E-state index in [0.717, 1.165) is 62.0 Å². The number of nitrogens with zero attached hydrogens (tertiary/aromatic N) is 4. The van der Waals surface area contributed by atoms with Crippen LogP contribution in [0.25, 0.3) is 28.1 Å². The molecule has 0 radical (unpaired) electrons. The fraction of sp³-hybridized carbons (Fsp3) is 0.467. The van der Waals surface area contributed by atoms with Crippen molar-refractivity contribution in [3.8, 4) is 11.3 Å². The Bertz CT molecular complexity index is 1500. The standard InChI is InChI=1S/C30H36F2N6O2/c31-22-8-13-36(14-9-22)12-2-11-34-29(40)21-5-7-27-28(18-21)37(15-16-39)30-35-26(19-38(27)30)23-6-4-20(17-24(23)32)25-3-1-10-33-25/h4-7,17-19,22,25,33,39H,1-3,8-16H2,(H,34,40)/t25-/m1/s1. The summed E-state index contributed by atoms with van der Waals surface area (Å²) in [5.74, 6) is 0.101. The van der Waals surface area contributed by atoms with E-state index < -0.39 is 6.17 Å². The lowest BCUT2D eigenvalue weighted by Crippen LogP contribution is -2.36. The number of halogens is 2. The largest absolute Gasteiger partial charge is 0.395 e. The van der Waals surface area contributed by atoms with Crippen LogP contribution in [0.2, 0.25) is 0 Å². The minimum Gasteiger partial charge on any atom is -0.395 e.